The Labute approximate surface area is 91.2 Å². The first kappa shape index (κ1) is 13.8. The molecule has 0 saturated heterocycles. The number of rotatable bonds is 7. The summed E-state index contributed by atoms with van der Waals surface area (Å²) in [5, 5.41) is 2.92. The Morgan fingerprint density at radius 2 is 2.14 bits per heavy atom. The first-order chi connectivity index (χ1) is 6.61. The molecule has 14 heavy (non-hydrogen) atoms. The smallest absolute Gasteiger partial charge is 0.237 e. The van der Waals surface area contributed by atoms with Crippen molar-refractivity contribution in [3.05, 3.63) is 0 Å². The summed E-state index contributed by atoms with van der Waals surface area (Å²) < 4.78 is 0. The van der Waals surface area contributed by atoms with Crippen molar-refractivity contribution >= 4 is 17.7 Å². The van der Waals surface area contributed by atoms with Gasteiger partial charge in [-0.1, -0.05) is 13.3 Å². The first-order valence-electron chi connectivity index (χ1n) is 5.16. The van der Waals surface area contributed by atoms with E-state index in [1.54, 1.807) is 11.8 Å². The molecule has 0 aromatic heterocycles. The van der Waals surface area contributed by atoms with E-state index in [0.717, 1.165) is 25.0 Å². The van der Waals surface area contributed by atoms with E-state index in [0.29, 0.717) is 0 Å². The Balaban J connectivity index is 3.69. The molecule has 0 heterocycles. The third-order valence-corrected chi connectivity index (χ3v) is 2.72. The van der Waals surface area contributed by atoms with Gasteiger partial charge in [-0.05, 0) is 31.8 Å². The second kappa shape index (κ2) is 8.12. The SMILES string of the molecule is CCC[C@H](N)C(=O)NC(C)CCSC. The van der Waals surface area contributed by atoms with Crippen LogP contribution in [0.15, 0.2) is 0 Å². The Bertz CT molecular complexity index is 164. The maximum absolute atomic E-state index is 11.5. The Morgan fingerprint density at radius 1 is 1.50 bits per heavy atom. The van der Waals surface area contributed by atoms with E-state index in [2.05, 4.69) is 11.6 Å². The summed E-state index contributed by atoms with van der Waals surface area (Å²) >= 11 is 1.79. The fourth-order valence-corrected chi connectivity index (χ4v) is 1.75. The van der Waals surface area contributed by atoms with Gasteiger partial charge in [0.05, 0.1) is 6.04 Å². The van der Waals surface area contributed by atoms with Gasteiger partial charge in [0.1, 0.15) is 0 Å². The molecule has 4 heteroatoms. The van der Waals surface area contributed by atoms with Crippen molar-refractivity contribution in [3.63, 3.8) is 0 Å². The minimum Gasteiger partial charge on any atom is -0.352 e. The summed E-state index contributed by atoms with van der Waals surface area (Å²) in [6.45, 7) is 4.05. The molecule has 0 bridgehead atoms. The lowest BCUT2D eigenvalue weighted by atomic mass is 10.1. The quantitative estimate of drug-likeness (QED) is 0.678. The topological polar surface area (TPSA) is 55.1 Å². The molecule has 3 N–H and O–H groups in total. The van der Waals surface area contributed by atoms with Gasteiger partial charge in [0.15, 0.2) is 0 Å². The van der Waals surface area contributed by atoms with Gasteiger partial charge in [-0.15, -0.1) is 0 Å². The molecule has 1 unspecified atom stereocenters. The van der Waals surface area contributed by atoms with E-state index in [4.69, 9.17) is 5.73 Å². The van der Waals surface area contributed by atoms with Crippen molar-refractivity contribution in [2.75, 3.05) is 12.0 Å². The highest BCUT2D eigenvalue weighted by Crippen LogP contribution is 2.01. The molecule has 0 fully saturated rings. The van der Waals surface area contributed by atoms with E-state index in [1.807, 2.05) is 13.8 Å². The second-order valence-electron chi connectivity index (χ2n) is 3.59. The van der Waals surface area contributed by atoms with Crippen LogP contribution in [-0.2, 0) is 4.79 Å². The molecule has 84 valence electrons. The Hall–Kier alpha value is -0.220. The monoisotopic (exact) mass is 218 g/mol. The van der Waals surface area contributed by atoms with Crippen LogP contribution in [0.2, 0.25) is 0 Å². The molecule has 0 radical (unpaired) electrons. The molecular formula is C10H22N2OS. The molecule has 3 nitrogen and oxygen atoms in total. The summed E-state index contributed by atoms with van der Waals surface area (Å²) in [7, 11) is 0. The number of nitrogens with one attached hydrogen (secondary N) is 1. The highest BCUT2D eigenvalue weighted by molar-refractivity contribution is 7.98. The predicted molar refractivity (Wildman–Crippen MR) is 63.5 cm³/mol. The van der Waals surface area contributed by atoms with Gasteiger partial charge in [-0.25, -0.2) is 0 Å². The Morgan fingerprint density at radius 3 is 2.64 bits per heavy atom. The molecular weight excluding hydrogens is 196 g/mol. The number of carbonyl (C=O) groups excluding carboxylic acids is 1. The first-order valence-corrected chi connectivity index (χ1v) is 6.56. The molecule has 0 aliphatic rings. The van der Waals surface area contributed by atoms with Gasteiger partial charge in [0.2, 0.25) is 5.91 Å². The highest BCUT2D eigenvalue weighted by Gasteiger charge is 2.13. The van der Waals surface area contributed by atoms with E-state index >= 15 is 0 Å². The normalized spacial score (nSPS) is 14.9. The van der Waals surface area contributed by atoms with Crippen LogP contribution in [0, 0.1) is 0 Å². The molecule has 0 spiro atoms. The molecule has 0 aromatic rings. The summed E-state index contributed by atoms with van der Waals surface area (Å²) in [5.74, 6) is 1.06. The third kappa shape index (κ3) is 6.27. The lowest BCUT2D eigenvalue weighted by Gasteiger charge is -2.16. The fraction of sp³-hybridized carbons (Fsp3) is 0.900. The standard InChI is InChI=1S/C10H22N2OS/c1-4-5-9(11)10(13)12-8(2)6-7-14-3/h8-9H,4-7,11H2,1-3H3,(H,12,13)/t8?,9-/m0/s1. The van der Waals surface area contributed by atoms with E-state index in [-0.39, 0.29) is 18.0 Å². The maximum Gasteiger partial charge on any atom is 0.237 e. The Kier molecular flexibility index (Phi) is 7.99. The van der Waals surface area contributed by atoms with Crippen LogP contribution in [0.5, 0.6) is 0 Å². The van der Waals surface area contributed by atoms with Crippen molar-refractivity contribution in [1.29, 1.82) is 0 Å². The summed E-state index contributed by atoms with van der Waals surface area (Å²) in [6, 6.07) is -0.102. The highest BCUT2D eigenvalue weighted by atomic mass is 32.2. The molecule has 1 amide bonds. The van der Waals surface area contributed by atoms with Crippen LogP contribution in [0.1, 0.15) is 33.1 Å². The molecule has 0 rings (SSSR count). The largest absolute Gasteiger partial charge is 0.352 e. The van der Waals surface area contributed by atoms with Crippen LogP contribution >= 0.6 is 11.8 Å². The molecule has 0 aliphatic heterocycles. The van der Waals surface area contributed by atoms with E-state index in [9.17, 15) is 4.79 Å². The van der Waals surface area contributed by atoms with Crippen molar-refractivity contribution in [2.45, 2.75) is 45.2 Å². The van der Waals surface area contributed by atoms with Crippen molar-refractivity contribution < 1.29 is 4.79 Å². The third-order valence-electron chi connectivity index (χ3n) is 2.08. The minimum absolute atomic E-state index is 0.0135. The number of amides is 1. The average molecular weight is 218 g/mol. The molecule has 2 atom stereocenters. The summed E-state index contributed by atoms with van der Waals surface area (Å²) in [4.78, 5) is 11.5. The zero-order valence-electron chi connectivity index (χ0n) is 9.38. The van der Waals surface area contributed by atoms with Crippen LogP contribution < -0.4 is 11.1 Å². The number of hydrogen-bond donors (Lipinski definition) is 2. The number of hydrogen-bond acceptors (Lipinski definition) is 3. The van der Waals surface area contributed by atoms with Gasteiger partial charge in [0, 0.05) is 6.04 Å². The lowest BCUT2D eigenvalue weighted by molar-refractivity contribution is -0.123. The molecule has 0 aliphatic carbocycles. The average Bonchev–Trinajstić information content (AvgIpc) is 2.15. The van der Waals surface area contributed by atoms with Gasteiger partial charge in [-0.2, -0.15) is 11.8 Å². The summed E-state index contributed by atoms with van der Waals surface area (Å²) in [5.41, 5.74) is 5.69. The zero-order chi connectivity index (χ0) is 11.0. The van der Waals surface area contributed by atoms with Crippen LogP contribution in [0.4, 0.5) is 0 Å². The van der Waals surface area contributed by atoms with Crippen LogP contribution in [0.25, 0.3) is 0 Å². The van der Waals surface area contributed by atoms with E-state index < -0.39 is 0 Å². The molecule has 0 aromatic carbocycles. The van der Waals surface area contributed by atoms with Crippen molar-refractivity contribution in [3.8, 4) is 0 Å². The van der Waals surface area contributed by atoms with Crippen LogP contribution in [-0.4, -0.2) is 30.0 Å². The number of carbonyl (C=O) groups is 1. The fourth-order valence-electron chi connectivity index (χ4n) is 1.16. The lowest BCUT2D eigenvalue weighted by Crippen LogP contribution is -2.44. The number of nitrogens with two attached hydrogens (primary N) is 1. The van der Waals surface area contributed by atoms with Crippen molar-refractivity contribution in [1.82, 2.24) is 5.32 Å². The predicted octanol–water partition coefficient (Wildman–Crippen LogP) is 1.37. The van der Waals surface area contributed by atoms with Gasteiger partial charge in [-0.3, -0.25) is 4.79 Å². The van der Waals surface area contributed by atoms with Gasteiger partial charge < -0.3 is 11.1 Å². The van der Waals surface area contributed by atoms with Gasteiger partial charge in [0.25, 0.3) is 0 Å². The van der Waals surface area contributed by atoms with Crippen LogP contribution in [0.3, 0.4) is 0 Å². The maximum atomic E-state index is 11.5. The second-order valence-corrected chi connectivity index (χ2v) is 4.57. The van der Waals surface area contributed by atoms with E-state index in [1.165, 1.54) is 0 Å². The molecule has 0 saturated carbocycles. The zero-order valence-corrected chi connectivity index (χ0v) is 10.2. The minimum atomic E-state index is -0.336. The number of thioether (sulfide) groups is 1. The van der Waals surface area contributed by atoms with Gasteiger partial charge >= 0.3 is 0 Å². The van der Waals surface area contributed by atoms with Crippen molar-refractivity contribution in [2.24, 2.45) is 5.73 Å². The summed E-state index contributed by atoms with van der Waals surface area (Å²) in [6.07, 6.45) is 4.79.